The van der Waals surface area contributed by atoms with Crippen molar-refractivity contribution >= 4 is 40.3 Å². The van der Waals surface area contributed by atoms with Gasteiger partial charge >= 0.3 is 18.2 Å². The summed E-state index contributed by atoms with van der Waals surface area (Å²) in [4.78, 5) is 28.1. The Morgan fingerprint density at radius 3 is 2.28 bits per heavy atom. The summed E-state index contributed by atoms with van der Waals surface area (Å²) in [5.74, 6) is -1.03. The third-order valence-electron chi connectivity index (χ3n) is 3.35. The summed E-state index contributed by atoms with van der Waals surface area (Å²) in [6, 6.07) is 0.614. The topological polar surface area (TPSA) is 95.3 Å². The zero-order valence-electron chi connectivity index (χ0n) is 16.1. The molecule has 0 aromatic carbocycles. The molecule has 29 heavy (non-hydrogen) atoms. The number of nitrogens with zero attached hydrogens (tertiary/aromatic N) is 3. The van der Waals surface area contributed by atoms with E-state index in [1.807, 2.05) is 22.6 Å². The highest BCUT2D eigenvalue weighted by Crippen LogP contribution is 2.39. The van der Waals surface area contributed by atoms with Gasteiger partial charge in [0.15, 0.2) is 5.69 Å². The minimum Gasteiger partial charge on any atom is -0.464 e. The second-order valence-corrected chi connectivity index (χ2v) is 8.06. The molecule has 0 bridgehead atoms. The van der Waals surface area contributed by atoms with Crippen LogP contribution in [0, 0.1) is 3.57 Å². The van der Waals surface area contributed by atoms with Crippen molar-refractivity contribution < 1.29 is 32.2 Å². The number of nitrogens with one attached hydrogen (secondary N) is 1. The van der Waals surface area contributed by atoms with Crippen molar-refractivity contribution in [2.75, 3.05) is 12.4 Å². The van der Waals surface area contributed by atoms with Crippen molar-refractivity contribution in [3.05, 3.63) is 27.1 Å². The van der Waals surface area contributed by atoms with Gasteiger partial charge in [-0.05, 0) is 49.4 Å². The molecule has 2 rings (SSSR count). The van der Waals surface area contributed by atoms with E-state index in [0.29, 0.717) is 9.64 Å². The van der Waals surface area contributed by atoms with Crippen molar-refractivity contribution in [2.45, 2.75) is 32.5 Å². The maximum absolute atomic E-state index is 13.7. The van der Waals surface area contributed by atoms with E-state index in [1.54, 1.807) is 27.8 Å². The van der Waals surface area contributed by atoms with E-state index < -0.39 is 46.5 Å². The summed E-state index contributed by atoms with van der Waals surface area (Å²) in [7, 11) is 2.59. The molecule has 1 amide bonds. The van der Waals surface area contributed by atoms with E-state index in [1.165, 1.54) is 10.9 Å². The van der Waals surface area contributed by atoms with Gasteiger partial charge in [0.05, 0.1) is 21.9 Å². The molecule has 0 atom stereocenters. The van der Waals surface area contributed by atoms with Gasteiger partial charge in [-0.3, -0.25) is 10.00 Å². The second-order valence-electron chi connectivity index (χ2n) is 6.90. The molecule has 0 unspecified atom stereocenters. The molecule has 2 heterocycles. The summed E-state index contributed by atoms with van der Waals surface area (Å²) in [6.45, 7) is 4.75. The fourth-order valence-corrected chi connectivity index (χ4v) is 3.06. The number of rotatable bonds is 3. The molecule has 2 aromatic rings. The quantitative estimate of drug-likeness (QED) is 0.475. The summed E-state index contributed by atoms with van der Waals surface area (Å²) in [5, 5.41) is 6.14. The Morgan fingerprint density at radius 1 is 1.21 bits per heavy atom. The van der Waals surface area contributed by atoms with Crippen LogP contribution in [0.15, 0.2) is 12.3 Å². The molecule has 0 fully saturated rings. The van der Waals surface area contributed by atoms with E-state index in [0.717, 1.165) is 7.11 Å². The van der Waals surface area contributed by atoms with Crippen LogP contribution in [0.5, 0.6) is 0 Å². The van der Waals surface area contributed by atoms with Crippen LogP contribution in [0.3, 0.4) is 0 Å². The number of carbonyl (C=O) groups is 2. The van der Waals surface area contributed by atoms with Crippen LogP contribution < -0.4 is 5.32 Å². The first-order valence-corrected chi connectivity index (χ1v) is 9.21. The van der Waals surface area contributed by atoms with Crippen molar-refractivity contribution in [1.29, 1.82) is 0 Å². The molecule has 158 valence electrons. The molecular weight excluding hydrogens is 508 g/mol. The number of pyridine rings is 1. The fraction of sp³-hybridized carbons (Fsp3) is 0.412. The maximum Gasteiger partial charge on any atom is 0.418 e. The van der Waals surface area contributed by atoms with Crippen LogP contribution in [0.1, 0.15) is 36.8 Å². The maximum atomic E-state index is 13.7. The van der Waals surface area contributed by atoms with Gasteiger partial charge in [0, 0.05) is 13.2 Å². The molecule has 0 aliphatic rings. The molecule has 0 spiro atoms. The lowest BCUT2D eigenvalue weighted by atomic mass is 10.1. The van der Waals surface area contributed by atoms with Gasteiger partial charge in [0.1, 0.15) is 17.0 Å². The van der Waals surface area contributed by atoms with Gasteiger partial charge in [0.2, 0.25) is 0 Å². The van der Waals surface area contributed by atoms with E-state index in [4.69, 9.17) is 4.74 Å². The Bertz CT molecular complexity index is 951. The van der Waals surface area contributed by atoms with E-state index >= 15 is 0 Å². The van der Waals surface area contributed by atoms with Gasteiger partial charge in [0.25, 0.3) is 0 Å². The summed E-state index contributed by atoms with van der Waals surface area (Å²) < 4.78 is 52.6. The number of anilines is 1. The first-order valence-electron chi connectivity index (χ1n) is 8.13. The van der Waals surface area contributed by atoms with Gasteiger partial charge in [-0.1, -0.05) is 0 Å². The van der Waals surface area contributed by atoms with Crippen molar-refractivity contribution in [2.24, 2.45) is 7.05 Å². The zero-order chi connectivity index (χ0) is 22.1. The number of alkyl halides is 3. The van der Waals surface area contributed by atoms with Crippen LogP contribution in [-0.2, 0) is 22.7 Å². The SMILES string of the molecule is COC(=O)c1nc(-c2nn(C)cc2I)c(C(F)(F)F)cc1NC(=O)OC(C)(C)C. The van der Waals surface area contributed by atoms with Crippen molar-refractivity contribution in [1.82, 2.24) is 14.8 Å². The van der Waals surface area contributed by atoms with E-state index in [9.17, 15) is 22.8 Å². The molecule has 1 N–H and O–H groups in total. The minimum absolute atomic E-state index is 0.0607. The van der Waals surface area contributed by atoms with Gasteiger partial charge < -0.3 is 9.47 Å². The predicted octanol–water partition coefficient (Wildman–Crippen LogP) is 4.24. The largest absolute Gasteiger partial charge is 0.464 e. The van der Waals surface area contributed by atoms with Gasteiger partial charge in [-0.2, -0.15) is 18.3 Å². The first-order chi connectivity index (χ1) is 13.2. The number of aromatic nitrogens is 3. The Labute approximate surface area is 177 Å². The van der Waals surface area contributed by atoms with E-state index in [2.05, 4.69) is 20.1 Å². The predicted molar refractivity (Wildman–Crippen MR) is 105 cm³/mol. The van der Waals surface area contributed by atoms with Crippen LogP contribution in [-0.4, -0.2) is 39.5 Å². The fourth-order valence-electron chi connectivity index (χ4n) is 2.29. The summed E-state index contributed by atoms with van der Waals surface area (Å²) in [5.41, 5.74) is -3.70. The van der Waals surface area contributed by atoms with Crippen LogP contribution >= 0.6 is 22.6 Å². The third-order valence-corrected chi connectivity index (χ3v) is 4.14. The average molecular weight is 526 g/mol. The Kier molecular flexibility index (Phi) is 6.45. The average Bonchev–Trinajstić information content (AvgIpc) is 2.89. The molecule has 0 saturated carbocycles. The summed E-state index contributed by atoms with van der Waals surface area (Å²) >= 11 is 1.81. The lowest BCUT2D eigenvalue weighted by Gasteiger charge is -2.21. The minimum atomic E-state index is -4.83. The number of methoxy groups -OCH3 is 1. The second kappa shape index (κ2) is 8.16. The normalized spacial score (nSPS) is 11.9. The number of hydrogen-bond donors (Lipinski definition) is 1. The molecule has 2 aromatic heterocycles. The smallest absolute Gasteiger partial charge is 0.418 e. The number of hydrogen-bond acceptors (Lipinski definition) is 6. The van der Waals surface area contributed by atoms with Gasteiger partial charge in [-0.25, -0.2) is 14.6 Å². The number of aryl methyl sites for hydroxylation is 1. The van der Waals surface area contributed by atoms with E-state index in [-0.39, 0.29) is 5.69 Å². The molecule has 0 saturated heterocycles. The van der Waals surface area contributed by atoms with Crippen molar-refractivity contribution in [3.8, 4) is 11.4 Å². The number of ether oxygens (including phenoxy) is 2. The molecule has 12 heteroatoms. The number of esters is 1. The molecule has 0 aliphatic carbocycles. The highest BCUT2D eigenvalue weighted by molar-refractivity contribution is 14.1. The molecular formula is C17H18F3IN4O4. The lowest BCUT2D eigenvalue weighted by Crippen LogP contribution is -2.28. The monoisotopic (exact) mass is 526 g/mol. The van der Waals surface area contributed by atoms with Crippen molar-refractivity contribution in [3.63, 3.8) is 0 Å². The Balaban J connectivity index is 2.70. The Morgan fingerprint density at radius 2 is 1.83 bits per heavy atom. The molecule has 0 radical (unpaired) electrons. The summed E-state index contributed by atoms with van der Waals surface area (Å²) in [6.07, 6.45) is -4.37. The number of amides is 1. The zero-order valence-corrected chi connectivity index (χ0v) is 18.3. The standard InChI is InChI=1S/C17H18F3IN4O4/c1-16(2,3)29-15(27)22-10-6-8(17(18,19)20)11(23-13(10)14(26)28-5)12-9(21)7-25(4)24-12/h6-7H,1-5H3,(H,22,27). The van der Waals surface area contributed by atoms with Gasteiger partial charge in [-0.15, -0.1) is 0 Å². The molecule has 0 aliphatic heterocycles. The third kappa shape index (κ3) is 5.58. The first kappa shape index (κ1) is 22.9. The Hall–Kier alpha value is -2.38. The number of carbonyl (C=O) groups excluding carboxylic acids is 2. The van der Waals surface area contributed by atoms with Crippen LogP contribution in [0.4, 0.5) is 23.7 Å². The number of halogens is 4. The highest BCUT2D eigenvalue weighted by Gasteiger charge is 2.38. The van der Waals surface area contributed by atoms with Crippen LogP contribution in [0.25, 0.3) is 11.4 Å². The lowest BCUT2D eigenvalue weighted by molar-refractivity contribution is -0.137. The molecule has 8 nitrogen and oxygen atoms in total. The highest BCUT2D eigenvalue weighted by atomic mass is 127. The van der Waals surface area contributed by atoms with Crippen LogP contribution in [0.2, 0.25) is 0 Å².